The van der Waals surface area contributed by atoms with Gasteiger partial charge in [-0.1, -0.05) is 51.5 Å². The molecule has 3 aromatic carbocycles. The van der Waals surface area contributed by atoms with Crippen LogP contribution in [-0.2, 0) is 0 Å². The number of furan rings is 1. The molecule has 0 saturated heterocycles. The predicted octanol–water partition coefficient (Wildman–Crippen LogP) is 6.31. The Morgan fingerprint density at radius 3 is 2.58 bits per heavy atom. The molecule has 8 heteroatoms. The van der Waals surface area contributed by atoms with Gasteiger partial charge in [0.1, 0.15) is 0 Å². The van der Waals surface area contributed by atoms with Crippen molar-refractivity contribution in [1.29, 1.82) is 0 Å². The SMILES string of the molecule is O=C(Nc1nc2ccc(NC(=O)c3cccc4c(Br)cccc34)cc2s1)c1ccco1. The van der Waals surface area contributed by atoms with Crippen LogP contribution >= 0.6 is 27.3 Å². The van der Waals surface area contributed by atoms with E-state index in [1.54, 1.807) is 24.3 Å². The number of halogens is 1. The van der Waals surface area contributed by atoms with Gasteiger partial charge in [0.15, 0.2) is 10.9 Å². The van der Waals surface area contributed by atoms with Crippen LogP contribution in [0.2, 0.25) is 0 Å². The first-order chi connectivity index (χ1) is 15.1. The van der Waals surface area contributed by atoms with Gasteiger partial charge in [0.2, 0.25) is 0 Å². The van der Waals surface area contributed by atoms with Gasteiger partial charge < -0.3 is 9.73 Å². The zero-order chi connectivity index (χ0) is 21.4. The molecule has 2 N–H and O–H groups in total. The van der Waals surface area contributed by atoms with Crippen molar-refractivity contribution in [3.63, 3.8) is 0 Å². The molecule has 0 aliphatic rings. The highest BCUT2D eigenvalue weighted by atomic mass is 79.9. The van der Waals surface area contributed by atoms with E-state index < -0.39 is 0 Å². The van der Waals surface area contributed by atoms with Crippen molar-refractivity contribution in [3.8, 4) is 0 Å². The van der Waals surface area contributed by atoms with Gasteiger partial charge in [-0.2, -0.15) is 0 Å². The van der Waals surface area contributed by atoms with E-state index in [1.165, 1.54) is 17.6 Å². The lowest BCUT2D eigenvalue weighted by molar-refractivity contribution is 0.0994. The molecule has 0 aliphatic heterocycles. The highest BCUT2D eigenvalue weighted by Gasteiger charge is 2.14. The van der Waals surface area contributed by atoms with E-state index in [1.807, 2.05) is 42.5 Å². The molecule has 0 saturated carbocycles. The lowest BCUT2D eigenvalue weighted by Crippen LogP contribution is -2.12. The van der Waals surface area contributed by atoms with E-state index in [9.17, 15) is 9.59 Å². The Labute approximate surface area is 189 Å². The molecular weight excluding hydrogens is 478 g/mol. The lowest BCUT2D eigenvalue weighted by Gasteiger charge is -2.09. The van der Waals surface area contributed by atoms with E-state index in [2.05, 4.69) is 31.5 Å². The smallest absolute Gasteiger partial charge is 0.293 e. The van der Waals surface area contributed by atoms with Gasteiger partial charge in [-0.3, -0.25) is 14.9 Å². The van der Waals surface area contributed by atoms with Crippen molar-refractivity contribution in [2.75, 3.05) is 10.6 Å². The van der Waals surface area contributed by atoms with Crippen molar-refractivity contribution in [3.05, 3.63) is 88.8 Å². The number of carbonyl (C=O) groups is 2. The zero-order valence-corrected chi connectivity index (χ0v) is 18.3. The first-order valence-corrected chi connectivity index (χ1v) is 10.9. The second kappa shape index (κ2) is 7.98. The number of thiazole rings is 1. The van der Waals surface area contributed by atoms with Crippen molar-refractivity contribution in [2.24, 2.45) is 0 Å². The number of hydrogen-bond donors (Lipinski definition) is 2. The van der Waals surface area contributed by atoms with Crippen LogP contribution in [0.3, 0.4) is 0 Å². The maximum Gasteiger partial charge on any atom is 0.293 e. The Kier molecular flexibility index (Phi) is 5.01. The van der Waals surface area contributed by atoms with Gasteiger partial charge >= 0.3 is 0 Å². The normalized spacial score (nSPS) is 11.0. The Balaban J connectivity index is 1.39. The summed E-state index contributed by atoms with van der Waals surface area (Å²) in [5.74, 6) is -0.340. The molecule has 2 amide bonds. The summed E-state index contributed by atoms with van der Waals surface area (Å²) in [6, 6.07) is 20.1. The average Bonchev–Trinajstić information content (AvgIpc) is 3.43. The molecule has 152 valence electrons. The molecular formula is C23H14BrN3O3S. The van der Waals surface area contributed by atoms with Crippen LogP contribution in [-0.4, -0.2) is 16.8 Å². The van der Waals surface area contributed by atoms with Gasteiger partial charge in [0, 0.05) is 15.7 Å². The van der Waals surface area contributed by atoms with Gasteiger partial charge in [-0.05, 0) is 53.2 Å². The third-order valence-electron chi connectivity index (χ3n) is 4.73. The molecule has 0 bridgehead atoms. The number of carbonyl (C=O) groups excluding carboxylic acids is 2. The Hall–Kier alpha value is -3.49. The third kappa shape index (κ3) is 3.83. The molecule has 5 aromatic rings. The summed E-state index contributed by atoms with van der Waals surface area (Å²) in [6.45, 7) is 0. The number of anilines is 2. The van der Waals surface area contributed by atoms with Gasteiger partial charge in [0.25, 0.3) is 11.8 Å². The summed E-state index contributed by atoms with van der Waals surface area (Å²) in [4.78, 5) is 29.5. The Morgan fingerprint density at radius 2 is 1.74 bits per heavy atom. The highest BCUT2D eigenvalue weighted by molar-refractivity contribution is 9.10. The first kappa shape index (κ1) is 19.5. The fourth-order valence-electron chi connectivity index (χ4n) is 3.29. The molecule has 5 rings (SSSR count). The number of rotatable bonds is 4. The van der Waals surface area contributed by atoms with Crippen LogP contribution in [0, 0.1) is 0 Å². The minimum Gasteiger partial charge on any atom is -0.459 e. The molecule has 31 heavy (non-hydrogen) atoms. The number of hydrogen-bond acceptors (Lipinski definition) is 5. The van der Waals surface area contributed by atoms with Crippen LogP contribution in [0.5, 0.6) is 0 Å². The number of nitrogens with zero attached hydrogens (tertiary/aromatic N) is 1. The quantitative estimate of drug-likeness (QED) is 0.308. The van der Waals surface area contributed by atoms with Crippen LogP contribution < -0.4 is 10.6 Å². The molecule has 0 spiro atoms. The van der Waals surface area contributed by atoms with Gasteiger partial charge in [0.05, 0.1) is 16.5 Å². The Bertz CT molecular complexity index is 1440. The fraction of sp³-hybridized carbons (Fsp3) is 0. The van der Waals surface area contributed by atoms with E-state index in [0.717, 1.165) is 25.5 Å². The summed E-state index contributed by atoms with van der Waals surface area (Å²) in [6.07, 6.45) is 1.44. The molecule has 2 heterocycles. The van der Waals surface area contributed by atoms with Crippen LogP contribution in [0.1, 0.15) is 20.9 Å². The topological polar surface area (TPSA) is 84.2 Å². The fourth-order valence-corrected chi connectivity index (χ4v) is 4.69. The summed E-state index contributed by atoms with van der Waals surface area (Å²) in [5, 5.41) is 7.99. The van der Waals surface area contributed by atoms with Crippen LogP contribution in [0.4, 0.5) is 10.8 Å². The minimum absolute atomic E-state index is 0.195. The molecule has 0 fully saturated rings. The van der Waals surface area contributed by atoms with Gasteiger partial charge in [-0.15, -0.1) is 0 Å². The number of benzene rings is 3. The number of nitrogens with one attached hydrogen (secondary N) is 2. The first-order valence-electron chi connectivity index (χ1n) is 9.32. The summed E-state index contributed by atoms with van der Waals surface area (Å²) >= 11 is 4.86. The summed E-state index contributed by atoms with van der Waals surface area (Å²) in [5.41, 5.74) is 1.97. The summed E-state index contributed by atoms with van der Waals surface area (Å²) in [7, 11) is 0. The third-order valence-corrected chi connectivity index (χ3v) is 6.35. The van der Waals surface area contributed by atoms with Crippen molar-refractivity contribution in [2.45, 2.75) is 0 Å². The standard InChI is InChI=1S/C23H14BrN3O3S/c24-17-7-2-4-14-15(17)5-1-6-16(14)21(28)25-13-9-10-18-20(12-13)31-23(26-18)27-22(29)19-8-3-11-30-19/h1-12H,(H,25,28)(H,26,27,29). The highest BCUT2D eigenvalue weighted by Crippen LogP contribution is 2.30. The number of amides is 2. The average molecular weight is 492 g/mol. The maximum atomic E-state index is 13.0. The molecule has 0 aliphatic carbocycles. The lowest BCUT2D eigenvalue weighted by atomic mass is 10.0. The minimum atomic E-state index is -0.361. The van der Waals surface area contributed by atoms with Crippen molar-refractivity contribution >= 4 is 70.9 Å². The van der Waals surface area contributed by atoms with E-state index >= 15 is 0 Å². The molecule has 6 nitrogen and oxygen atoms in total. The van der Waals surface area contributed by atoms with Gasteiger partial charge in [-0.25, -0.2) is 4.98 Å². The Morgan fingerprint density at radius 1 is 0.903 bits per heavy atom. The molecule has 0 radical (unpaired) electrons. The molecule has 2 aromatic heterocycles. The number of aromatic nitrogens is 1. The van der Waals surface area contributed by atoms with Crippen LogP contribution in [0.15, 0.2) is 81.9 Å². The van der Waals surface area contributed by atoms with E-state index in [0.29, 0.717) is 16.4 Å². The van der Waals surface area contributed by atoms with Crippen molar-refractivity contribution < 1.29 is 14.0 Å². The molecule has 0 atom stereocenters. The van der Waals surface area contributed by atoms with Crippen LogP contribution in [0.25, 0.3) is 21.0 Å². The second-order valence-corrected chi connectivity index (χ2v) is 8.61. The van der Waals surface area contributed by atoms with Crippen molar-refractivity contribution in [1.82, 2.24) is 4.98 Å². The zero-order valence-electron chi connectivity index (χ0n) is 15.9. The number of fused-ring (bicyclic) bond motifs is 2. The maximum absolute atomic E-state index is 13.0. The molecule has 0 unspecified atom stereocenters. The summed E-state index contributed by atoms with van der Waals surface area (Å²) < 4.78 is 6.88. The largest absolute Gasteiger partial charge is 0.459 e. The predicted molar refractivity (Wildman–Crippen MR) is 126 cm³/mol. The van der Waals surface area contributed by atoms with E-state index in [-0.39, 0.29) is 17.6 Å². The monoisotopic (exact) mass is 491 g/mol. The van der Waals surface area contributed by atoms with E-state index in [4.69, 9.17) is 4.42 Å². The second-order valence-electron chi connectivity index (χ2n) is 6.73.